The van der Waals surface area contributed by atoms with E-state index in [4.69, 9.17) is 9.47 Å². The fraction of sp³-hybridized carbons (Fsp3) is 0.391. The van der Waals surface area contributed by atoms with Gasteiger partial charge in [-0.25, -0.2) is 0 Å². The lowest BCUT2D eigenvalue weighted by Crippen LogP contribution is -2.41. The maximum absolute atomic E-state index is 12.8. The van der Waals surface area contributed by atoms with E-state index < -0.39 is 0 Å². The van der Waals surface area contributed by atoms with Crippen molar-refractivity contribution in [1.82, 2.24) is 10.2 Å². The predicted molar refractivity (Wildman–Crippen MR) is 111 cm³/mol. The summed E-state index contributed by atoms with van der Waals surface area (Å²) in [5, 5.41) is 3.05. The van der Waals surface area contributed by atoms with E-state index in [1.807, 2.05) is 43.3 Å². The van der Waals surface area contributed by atoms with E-state index in [0.29, 0.717) is 18.0 Å². The number of carbonyl (C=O) groups excluding carboxylic acids is 2. The summed E-state index contributed by atoms with van der Waals surface area (Å²) in [4.78, 5) is 26.8. The quantitative estimate of drug-likeness (QED) is 0.812. The highest BCUT2D eigenvalue weighted by Crippen LogP contribution is 2.33. The number of hydrogen-bond donors (Lipinski definition) is 1. The molecule has 0 saturated carbocycles. The molecule has 1 aliphatic heterocycles. The Morgan fingerprint density at radius 2 is 1.86 bits per heavy atom. The normalized spacial score (nSPS) is 16.6. The maximum atomic E-state index is 12.8. The number of ether oxygens (including phenoxy) is 2. The van der Waals surface area contributed by atoms with Gasteiger partial charge in [0, 0.05) is 13.5 Å². The standard InChI is InChI=1S/C23H28N2O4/c1-15(18-9-10-21(28-3)22(13-18)29-4)24-23(27)14-20-19-8-6-5-7-17(19)11-12-25(20)16(2)26/h5-10,13,15,20H,11-12,14H2,1-4H3,(H,24,27). The third kappa shape index (κ3) is 4.53. The molecule has 2 atom stereocenters. The Labute approximate surface area is 171 Å². The highest BCUT2D eigenvalue weighted by molar-refractivity contribution is 5.80. The molecule has 2 aromatic carbocycles. The summed E-state index contributed by atoms with van der Waals surface area (Å²) in [7, 11) is 3.17. The molecule has 3 rings (SSSR count). The fourth-order valence-corrected chi connectivity index (χ4v) is 3.93. The summed E-state index contributed by atoms with van der Waals surface area (Å²) in [6.07, 6.45) is 1.05. The van der Waals surface area contributed by atoms with Crippen molar-refractivity contribution >= 4 is 11.8 Å². The van der Waals surface area contributed by atoms with Crippen LogP contribution in [0.3, 0.4) is 0 Å². The number of nitrogens with zero attached hydrogens (tertiary/aromatic N) is 1. The van der Waals surface area contributed by atoms with Gasteiger partial charge in [-0.2, -0.15) is 0 Å². The van der Waals surface area contributed by atoms with Gasteiger partial charge in [-0.05, 0) is 42.2 Å². The van der Waals surface area contributed by atoms with Crippen LogP contribution in [0, 0.1) is 0 Å². The summed E-state index contributed by atoms with van der Waals surface area (Å²) in [6, 6.07) is 13.2. The second kappa shape index (κ2) is 8.99. The first-order valence-electron chi connectivity index (χ1n) is 9.81. The topological polar surface area (TPSA) is 67.9 Å². The Morgan fingerprint density at radius 1 is 1.14 bits per heavy atom. The smallest absolute Gasteiger partial charge is 0.222 e. The molecule has 1 aliphatic rings. The van der Waals surface area contributed by atoms with Crippen LogP contribution in [0.2, 0.25) is 0 Å². The molecule has 2 aromatic rings. The van der Waals surface area contributed by atoms with Crippen molar-refractivity contribution in [3.05, 3.63) is 59.2 Å². The number of amides is 2. The van der Waals surface area contributed by atoms with Gasteiger partial charge in [0.15, 0.2) is 11.5 Å². The third-order valence-electron chi connectivity index (χ3n) is 5.48. The van der Waals surface area contributed by atoms with Gasteiger partial charge in [0.1, 0.15) is 0 Å². The summed E-state index contributed by atoms with van der Waals surface area (Å²) in [6.45, 7) is 4.12. The van der Waals surface area contributed by atoms with E-state index in [9.17, 15) is 9.59 Å². The molecular formula is C23H28N2O4. The van der Waals surface area contributed by atoms with Crippen LogP contribution in [0.4, 0.5) is 0 Å². The van der Waals surface area contributed by atoms with E-state index in [2.05, 4.69) is 11.4 Å². The van der Waals surface area contributed by atoms with Crippen molar-refractivity contribution in [2.24, 2.45) is 0 Å². The molecule has 6 heteroatoms. The molecule has 1 heterocycles. The number of fused-ring (bicyclic) bond motifs is 1. The van der Waals surface area contributed by atoms with Crippen molar-refractivity contribution in [3.63, 3.8) is 0 Å². The Bertz CT molecular complexity index is 896. The Balaban J connectivity index is 1.74. The SMILES string of the molecule is COc1ccc(C(C)NC(=O)CC2c3ccccc3CCN2C(C)=O)cc1OC. The molecule has 29 heavy (non-hydrogen) atoms. The summed E-state index contributed by atoms with van der Waals surface area (Å²) in [5.41, 5.74) is 3.18. The number of hydrogen-bond acceptors (Lipinski definition) is 4. The minimum atomic E-state index is -0.241. The van der Waals surface area contributed by atoms with Gasteiger partial charge >= 0.3 is 0 Å². The van der Waals surface area contributed by atoms with E-state index in [0.717, 1.165) is 17.5 Å². The van der Waals surface area contributed by atoms with Crippen molar-refractivity contribution < 1.29 is 19.1 Å². The number of carbonyl (C=O) groups is 2. The first-order chi connectivity index (χ1) is 13.9. The second-order valence-corrected chi connectivity index (χ2v) is 7.28. The highest BCUT2D eigenvalue weighted by Gasteiger charge is 2.30. The zero-order valence-corrected chi connectivity index (χ0v) is 17.4. The minimum absolute atomic E-state index is 0.00903. The molecule has 0 bridgehead atoms. The van der Waals surface area contributed by atoms with Gasteiger partial charge in [-0.3, -0.25) is 9.59 Å². The Kier molecular flexibility index (Phi) is 6.42. The lowest BCUT2D eigenvalue weighted by molar-refractivity contribution is -0.133. The molecule has 154 valence electrons. The number of rotatable bonds is 6. The maximum Gasteiger partial charge on any atom is 0.222 e. The van der Waals surface area contributed by atoms with Crippen LogP contribution in [0.1, 0.15) is 49.0 Å². The molecule has 0 radical (unpaired) electrons. The molecule has 0 spiro atoms. The molecule has 0 fully saturated rings. The molecule has 0 saturated heterocycles. The molecule has 0 aromatic heterocycles. The average Bonchev–Trinajstić information content (AvgIpc) is 2.73. The van der Waals surface area contributed by atoms with Gasteiger partial charge in [-0.1, -0.05) is 30.3 Å². The first kappa shape index (κ1) is 20.7. The van der Waals surface area contributed by atoms with Crippen LogP contribution < -0.4 is 14.8 Å². The molecular weight excluding hydrogens is 368 g/mol. The predicted octanol–water partition coefficient (Wildman–Crippen LogP) is 3.42. The highest BCUT2D eigenvalue weighted by atomic mass is 16.5. The van der Waals surface area contributed by atoms with Gasteiger partial charge in [0.2, 0.25) is 11.8 Å². The second-order valence-electron chi connectivity index (χ2n) is 7.28. The fourth-order valence-electron chi connectivity index (χ4n) is 3.93. The lowest BCUT2D eigenvalue weighted by Gasteiger charge is -2.36. The van der Waals surface area contributed by atoms with Crippen molar-refractivity contribution in [2.45, 2.75) is 38.8 Å². The Morgan fingerprint density at radius 3 is 2.55 bits per heavy atom. The summed E-state index contributed by atoms with van der Waals surface area (Å²) < 4.78 is 10.6. The van der Waals surface area contributed by atoms with E-state index in [1.165, 1.54) is 5.56 Å². The zero-order chi connectivity index (χ0) is 21.0. The summed E-state index contributed by atoms with van der Waals surface area (Å²) in [5.74, 6) is 1.16. The van der Waals surface area contributed by atoms with Crippen LogP contribution in [-0.2, 0) is 16.0 Å². The van der Waals surface area contributed by atoms with Gasteiger partial charge in [-0.15, -0.1) is 0 Å². The van der Waals surface area contributed by atoms with Crippen molar-refractivity contribution in [3.8, 4) is 11.5 Å². The monoisotopic (exact) mass is 396 g/mol. The minimum Gasteiger partial charge on any atom is -0.493 e. The van der Waals surface area contributed by atoms with Crippen molar-refractivity contribution in [1.29, 1.82) is 0 Å². The largest absolute Gasteiger partial charge is 0.493 e. The molecule has 6 nitrogen and oxygen atoms in total. The summed E-state index contributed by atoms with van der Waals surface area (Å²) >= 11 is 0. The number of nitrogens with one attached hydrogen (secondary N) is 1. The third-order valence-corrected chi connectivity index (χ3v) is 5.48. The molecule has 1 N–H and O–H groups in total. The average molecular weight is 396 g/mol. The lowest BCUT2D eigenvalue weighted by atomic mass is 9.90. The molecule has 2 amide bonds. The van der Waals surface area contributed by atoms with E-state index >= 15 is 0 Å². The Hall–Kier alpha value is -3.02. The zero-order valence-electron chi connectivity index (χ0n) is 17.4. The van der Waals surface area contributed by atoms with Gasteiger partial charge < -0.3 is 19.7 Å². The number of methoxy groups -OCH3 is 2. The van der Waals surface area contributed by atoms with Crippen LogP contribution in [0.15, 0.2) is 42.5 Å². The van der Waals surface area contributed by atoms with Crippen LogP contribution in [0.25, 0.3) is 0 Å². The number of benzene rings is 2. The molecule has 2 unspecified atom stereocenters. The van der Waals surface area contributed by atoms with Gasteiger partial charge in [0.25, 0.3) is 0 Å². The van der Waals surface area contributed by atoms with E-state index in [1.54, 1.807) is 26.0 Å². The molecule has 0 aliphatic carbocycles. The van der Waals surface area contributed by atoms with Crippen molar-refractivity contribution in [2.75, 3.05) is 20.8 Å². The van der Waals surface area contributed by atoms with Crippen LogP contribution in [-0.4, -0.2) is 37.5 Å². The van der Waals surface area contributed by atoms with Crippen LogP contribution >= 0.6 is 0 Å². The van der Waals surface area contributed by atoms with Gasteiger partial charge in [0.05, 0.1) is 32.7 Å². The first-order valence-corrected chi connectivity index (χ1v) is 9.81. The van der Waals surface area contributed by atoms with E-state index in [-0.39, 0.29) is 30.3 Å². The van der Waals surface area contributed by atoms with Crippen LogP contribution in [0.5, 0.6) is 11.5 Å².